The number of hydrazone groups is 1. The molecule has 134 valence electrons. The lowest BCUT2D eigenvalue weighted by atomic mass is 10.2. The number of nitrogens with one attached hydrogen (secondary N) is 1. The first kappa shape index (κ1) is 18.6. The van der Waals surface area contributed by atoms with Crippen LogP contribution in [0, 0.1) is 20.8 Å². The van der Waals surface area contributed by atoms with Crippen LogP contribution in [0.3, 0.4) is 0 Å². The molecule has 5 heteroatoms. The predicted octanol–water partition coefficient (Wildman–Crippen LogP) is 5.83. The van der Waals surface area contributed by atoms with Crippen molar-refractivity contribution in [2.24, 2.45) is 5.10 Å². The molecule has 26 heavy (non-hydrogen) atoms. The fourth-order valence-corrected chi connectivity index (χ4v) is 3.58. The third-order valence-corrected chi connectivity index (χ3v) is 5.15. The smallest absolute Gasteiger partial charge is 0.0609 e. The van der Waals surface area contributed by atoms with Crippen LogP contribution in [0.15, 0.2) is 53.6 Å². The molecular formula is C21H21Cl2N3. The molecule has 3 rings (SSSR count). The van der Waals surface area contributed by atoms with Crippen molar-refractivity contribution < 1.29 is 0 Å². The second-order valence-corrected chi connectivity index (χ2v) is 7.06. The van der Waals surface area contributed by atoms with Gasteiger partial charge in [0.25, 0.3) is 0 Å². The highest BCUT2D eigenvalue weighted by atomic mass is 35.5. The van der Waals surface area contributed by atoms with Crippen molar-refractivity contribution >= 4 is 29.4 Å². The Balaban J connectivity index is 1.78. The molecule has 1 heterocycles. The minimum atomic E-state index is 0.478. The number of para-hydroxylation sites is 1. The zero-order valence-corrected chi connectivity index (χ0v) is 16.6. The van der Waals surface area contributed by atoms with Crippen LogP contribution in [-0.4, -0.2) is 10.8 Å². The summed E-state index contributed by atoms with van der Waals surface area (Å²) in [6.45, 7) is 6.81. The highest BCUT2D eigenvalue weighted by molar-refractivity contribution is 6.35. The third-order valence-electron chi connectivity index (χ3n) is 4.44. The molecule has 0 radical (unpaired) electrons. The van der Waals surface area contributed by atoms with E-state index in [1.807, 2.05) is 24.4 Å². The summed E-state index contributed by atoms with van der Waals surface area (Å²) in [5.41, 5.74) is 9.71. The normalized spacial score (nSPS) is 11.3. The van der Waals surface area contributed by atoms with Gasteiger partial charge in [0.15, 0.2) is 0 Å². The second kappa shape index (κ2) is 7.98. The van der Waals surface area contributed by atoms with Crippen LogP contribution in [0.4, 0.5) is 0 Å². The molecule has 1 N–H and O–H groups in total. The molecule has 0 saturated carbocycles. The van der Waals surface area contributed by atoms with E-state index in [1.54, 1.807) is 0 Å². The number of hydrogen-bond acceptors (Lipinski definition) is 2. The summed E-state index contributed by atoms with van der Waals surface area (Å²) in [4.78, 5) is 0. The molecule has 0 bridgehead atoms. The molecule has 0 aliphatic heterocycles. The Morgan fingerprint density at radius 1 is 1.00 bits per heavy atom. The molecule has 0 aliphatic rings. The molecule has 0 aliphatic carbocycles. The lowest BCUT2D eigenvalue weighted by molar-refractivity contribution is 0.748. The van der Waals surface area contributed by atoms with Gasteiger partial charge in [-0.3, -0.25) is 0 Å². The number of benzene rings is 2. The van der Waals surface area contributed by atoms with Gasteiger partial charge >= 0.3 is 0 Å². The van der Waals surface area contributed by atoms with E-state index in [4.69, 9.17) is 23.2 Å². The molecule has 1 aromatic heterocycles. The van der Waals surface area contributed by atoms with Gasteiger partial charge in [-0.2, -0.15) is 5.10 Å². The van der Waals surface area contributed by atoms with Crippen molar-refractivity contribution in [1.29, 1.82) is 0 Å². The predicted molar refractivity (Wildman–Crippen MR) is 111 cm³/mol. The van der Waals surface area contributed by atoms with E-state index >= 15 is 0 Å². The quantitative estimate of drug-likeness (QED) is 0.434. The first-order chi connectivity index (χ1) is 12.5. The van der Waals surface area contributed by atoms with Gasteiger partial charge in [0.1, 0.15) is 0 Å². The first-order valence-electron chi connectivity index (χ1n) is 8.43. The summed E-state index contributed by atoms with van der Waals surface area (Å²) in [5, 5.41) is 5.62. The zero-order chi connectivity index (χ0) is 18.7. The van der Waals surface area contributed by atoms with Crippen LogP contribution >= 0.6 is 23.2 Å². The molecule has 0 fully saturated rings. The Labute approximate surface area is 164 Å². The summed E-state index contributed by atoms with van der Waals surface area (Å²) in [6.07, 6.45) is 1.84. The molecule has 2 aromatic carbocycles. The van der Waals surface area contributed by atoms with Gasteiger partial charge in [-0.25, -0.2) is 0 Å². The summed E-state index contributed by atoms with van der Waals surface area (Å²) in [5.74, 6) is 0. The Bertz CT molecular complexity index is 938. The van der Waals surface area contributed by atoms with Gasteiger partial charge in [0.05, 0.1) is 12.8 Å². The Kier molecular flexibility index (Phi) is 5.70. The Morgan fingerprint density at radius 2 is 1.69 bits per heavy atom. The van der Waals surface area contributed by atoms with Crippen LogP contribution in [0.25, 0.3) is 5.69 Å². The van der Waals surface area contributed by atoms with E-state index in [9.17, 15) is 0 Å². The maximum absolute atomic E-state index is 6.18. The topological polar surface area (TPSA) is 29.3 Å². The van der Waals surface area contributed by atoms with Crippen molar-refractivity contribution in [3.63, 3.8) is 0 Å². The maximum Gasteiger partial charge on any atom is 0.0609 e. The van der Waals surface area contributed by atoms with Gasteiger partial charge in [-0.1, -0.05) is 47.5 Å². The number of aryl methyl sites for hydroxylation is 2. The molecule has 0 spiro atoms. The van der Waals surface area contributed by atoms with Gasteiger partial charge in [0, 0.05) is 38.2 Å². The first-order valence-corrected chi connectivity index (χ1v) is 9.18. The molecule has 0 unspecified atom stereocenters. The van der Waals surface area contributed by atoms with E-state index in [2.05, 4.69) is 66.2 Å². The molecule has 0 amide bonds. The highest BCUT2D eigenvalue weighted by Gasteiger charge is 2.11. The van der Waals surface area contributed by atoms with E-state index in [-0.39, 0.29) is 0 Å². The van der Waals surface area contributed by atoms with Crippen LogP contribution < -0.4 is 5.43 Å². The highest BCUT2D eigenvalue weighted by Crippen LogP contribution is 2.24. The average Bonchev–Trinajstić information content (AvgIpc) is 2.88. The number of rotatable bonds is 5. The lowest BCUT2D eigenvalue weighted by Crippen LogP contribution is -2.07. The minimum Gasteiger partial charge on any atom is -0.318 e. The van der Waals surface area contributed by atoms with E-state index < -0.39 is 0 Å². The molecule has 0 atom stereocenters. The number of halogens is 2. The third kappa shape index (κ3) is 3.79. The largest absolute Gasteiger partial charge is 0.318 e. The number of nitrogens with zero attached hydrogens (tertiary/aromatic N) is 2. The average molecular weight is 386 g/mol. The summed E-state index contributed by atoms with van der Waals surface area (Å²) < 4.78 is 2.25. The van der Waals surface area contributed by atoms with Crippen molar-refractivity contribution in [3.8, 4) is 5.69 Å². The van der Waals surface area contributed by atoms with Crippen LogP contribution in [0.1, 0.15) is 28.1 Å². The minimum absolute atomic E-state index is 0.478. The zero-order valence-electron chi connectivity index (χ0n) is 15.1. The van der Waals surface area contributed by atoms with Crippen molar-refractivity contribution in [2.75, 3.05) is 0 Å². The maximum atomic E-state index is 6.18. The van der Waals surface area contributed by atoms with E-state index in [0.717, 1.165) is 16.8 Å². The van der Waals surface area contributed by atoms with Gasteiger partial charge in [0.2, 0.25) is 0 Å². The van der Waals surface area contributed by atoms with Crippen LogP contribution in [-0.2, 0) is 6.54 Å². The summed E-state index contributed by atoms with van der Waals surface area (Å²) in [6, 6.07) is 16.0. The Hall–Kier alpha value is -2.23. The molecule has 3 nitrogen and oxygen atoms in total. The second-order valence-electron chi connectivity index (χ2n) is 6.24. The van der Waals surface area contributed by atoms with Crippen LogP contribution in [0.2, 0.25) is 10.0 Å². The van der Waals surface area contributed by atoms with Gasteiger partial charge < -0.3 is 9.99 Å². The Morgan fingerprint density at radius 3 is 2.38 bits per heavy atom. The standard InChI is InChI=1S/C21H21Cl2N3/c1-14-7-4-5-10-21(14)26-15(2)11-17(16(26)3)12-24-25-13-18-19(22)8-6-9-20(18)23/h4-12,25H,13H2,1-3H3/b24-12+. The lowest BCUT2D eigenvalue weighted by Gasteiger charge is -2.12. The van der Waals surface area contributed by atoms with Crippen molar-refractivity contribution in [2.45, 2.75) is 27.3 Å². The molecule has 3 aromatic rings. The number of hydrogen-bond donors (Lipinski definition) is 1. The van der Waals surface area contributed by atoms with Crippen LogP contribution in [0.5, 0.6) is 0 Å². The van der Waals surface area contributed by atoms with E-state index in [1.165, 1.54) is 16.9 Å². The van der Waals surface area contributed by atoms with Gasteiger partial charge in [-0.15, -0.1) is 0 Å². The van der Waals surface area contributed by atoms with Crippen molar-refractivity contribution in [1.82, 2.24) is 9.99 Å². The number of aromatic nitrogens is 1. The molecular weight excluding hydrogens is 365 g/mol. The summed E-state index contributed by atoms with van der Waals surface area (Å²) in [7, 11) is 0. The SMILES string of the molecule is Cc1ccccc1-n1c(C)cc(/C=N/NCc2c(Cl)cccc2Cl)c1C. The van der Waals surface area contributed by atoms with Gasteiger partial charge in [-0.05, 0) is 50.6 Å². The van der Waals surface area contributed by atoms with Crippen molar-refractivity contribution in [3.05, 3.63) is 86.7 Å². The van der Waals surface area contributed by atoms with E-state index in [0.29, 0.717) is 16.6 Å². The fourth-order valence-electron chi connectivity index (χ4n) is 3.04. The summed E-state index contributed by atoms with van der Waals surface area (Å²) >= 11 is 12.4. The molecule has 0 saturated heterocycles. The monoisotopic (exact) mass is 385 g/mol. The fraction of sp³-hybridized carbons (Fsp3) is 0.190.